The van der Waals surface area contributed by atoms with Crippen LogP contribution in [0.15, 0.2) is 18.2 Å². The van der Waals surface area contributed by atoms with Crippen molar-refractivity contribution in [3.05, 3.63) is 29.6 Å². The SMILES string of the molecule is Cc1ccc(F)cc1OCC1CCCCC1. The highest BCUT2D eigenvalue weighted by Crippen LogP contribution is 2.26. The smallest absolute Gasteiger partial charge is 0.126 e. The van der Waals surface area contributed by atoms with Crippen LogP contribution in [0.2, 0.25) is 0 Å². The van der Waals surface area contributed by atoms with E-state index < -0.39 is 0 Å². The van der Waals surface area contributed by atoms with Gasteiger partial charge in [-0.3, -0.25) is 0 Å². The first-order valence-corrected chi connectivity index (χ1v) is 6.14. The van der Waals surface area contributed by atoms with E-state index in [0.717, 1.165) is 12.2 Å². The van der Waals surface area contributed by atoms with Gasteiger partial charge in [-0.05, 0) is 37.3 Å². The van der Waals surface area contributed by atoms with Crippen molar-refractivity contribution in [2.24, 2.45) is 5.92 Å². The first kappa shape index (κ1) is 11.4. The van der Waals surface area contributed by atoms with Crippen molar-refractivity contribution in [2.75, 3.05) is 6.61 Å². The van der Waals surface area contributed by atoms with Crippen LogP contribution in [0.5, 0.6) is 5.75 Å². The van der Waals surface area contributed by atoms with Crippen molar-refractivity contribution in [3.8, 4) is 5.75 Å². The number of halogens is 1. The second-order valence-electron chi connectivity index (χ2n) is 4.72. The average molecular weight is 222 g/mol. The van der Waals surface area contributed by atoms with Crippen molar-refractivity contribution in [1.82, 2.24) is 0 Å². The molecule has 0 atom stereocenters. The van der Waals surface area contributed by atoms with Crippen LogP contribution in [0, 0.1) is 18.7 Å². The number of rotatable bonds is 3. The lowest BCUT2D eigenvalue weighted by molar-refractivity contribution is 0.207. The van der Waals surface area contributed by atoms with Gasteiger partial charge in [-0.1, -0.05) is 25.3 Å². The molecule has 0 spiro atoms. The highest BCUT2D eigenvalue weighted by Gasteiger charge is 2.14. The molecule has 1 aliphatic rings. The molecular weight excluding hydrogens is 203 g/mol. The first-order chi connectivity index (χ1) is 7.75. The van der Waals surface area contributed by atoms with E-state index in [1.54, 1.807) is 6.07 Å². The Morgan fingerprint density at radius 1 is 1.25 bits per heavy atom. The lowest BCUT2D eigenvalue weighted by atomic mass is 9.90. The minimum Gasteiger partial charge on any atom is -0.493 e. The van der Waals surface area contributed by atoms with Crippen molar-refractivity contribution in [2.45, 2.75) is 39.0 Å². The van der Waals surface area contributed by atoms with Gasteiger partial charge in [0, 0.05) is 6.07 Å². The average Bonchev–Trinajstić information content (AvgIpc) is 2.32. The first-order valence-electron chi connectivity index (χ1n) is 6.14. The highest BCUT2D eigenvalue weighted by molar-refractivity contribution is 5.32. The minimum absolute atomic E-state index is 0.218. The molecule has 0 N–H and O–H groups in total. The number of aryl methyl sites for hydroxylation is 1. The molecule has 0 aromatic heterocycles. The Kier molecular flexibility index (Phi) is 3.81. The fourth-order valence-electron chi connectivity index (χ4n) is 2.29. The summed E-state index contributed by atoms with van der Waals surface area (Å²) in [5.41, 5.74) is 1.01. The van der Waals surface area contributed by atoms with E-state index in [1.807, 2.05) is 6.92 Å². The Morgan fingerprint density at radius 2 is 2.00 bits per heavy atom. The predicted octanol–water partition coefficient (Wildman–Crippen LogP) is 4.09. The molecule has 1 aromatic carbocycles. The van der Waals surface area contributed by atoms with Crippen molar-refractivity contribution in [1.29, 1.82) is 0 Å². The van der Waals surface area contributed by atoms with E-state index in [-0.39, 0.29) is 5.82 Å². The Bertz CT molecular complexity index is 343. The summed E-state index contributed by atoms with van der Waals surface area (Å²) in [6.07, 6.45) is 6.50. The summed E-state index contributed by atoms with van der Waals surface area (Å²) < 4.78 is 18.7. The molecule has 0 amide bonds. The summed E-state index contributed by atoms with van der Waals surface area (Å²) in [6, 6.07) is 4.73. The minimum atomic E-state index is -0.218. The Balaban J connectivity index is 1.90. The summed E-state index contributed by atoms with van der Waals surface area (Å²) in [6.45, 7) is 2.69. The van der Waals surface area contributed by atoms with Gasteiger partial charge in [0.15, 0.2) is 0 Å². The molecule has 0 heterocycles. The lowest BCUT2D eigenvalue weighted by Crippen LogP contribution is -2.15. The maximum atomic E-state index is 13.0. The molecule has 1 saturated carbocycles. The molecule has 0 aliphatic heterocycles. The Labute approximate surface area is 96.6 Å². The molecule has 1 aliphatic carbocycles. The van der Waals surface area contributed by atoms with Crippen LogP contribution in [-0.2, 0) is 0 Å². The van der Waals surface area contributed by atoms with E-state index >= 15 is 0 Å². The third-order valence-electron chi connectivity index (χ3n) is 3.35. The largest absolute Gasteiger partial charge is 0.493 e. The van der Waals surface area contributed by atoms with Crippen molar-refractivity contribution in [3.63, 3.8) is 0 Å². The third kappa shape index (κ3) is 2.97. The van der Waals surface area contributed by atoms with Crippen LogP contribution in [0.4, 0.5) is 4.39 Å². The van der Waals surface area contributed by atoms with Crippen molar-refractivity contribution >= 4 is 0 Å². The fraction of sp³-hybridized carbons (Fsp3) is 0.571. The van der Waals surface area contributed by atoms with E-state index in [9.17, 15) is 4.39 Å². The fourth-order valence-corrected chi connectivity index (χ4v) is 2.29. The van der Waals surface area contributed by atoms with Gasteiger partial charge in [0.05, 0.1) is 6.61 Å². The van der Waals surface area contributed by atoms with Crippen LogP contribution in [0.1, 0.15) is 37.7 Å². The topological polar surface area (TPSA) is 9.23 Å². The van der Waals surface area contributed by atoms with E-state index in [1.165, 1.54) is 44.2 Å². The van der Waals surface area contributed by atoms with Crippen LogP contribution in [0.25, 0.3) is 0 Å². The summed E-state index contributed by atoms with van der Waals surface area (Å²) in [5, 5.41) is 0. The zero-order valence-electron chi connectivity index (χ0n) is 9.84. The zero-order valence-corrected chi connectivity index (χ0v) is 9.84. The zero-order chi connectivity index (χ0) is 11.4. The molecule has 2 heteroatoms. The molecule has 88 valence electrons. The molecular formula is C14H19FO. The molecule has 16 heavy (non-hydrogen) atoms. The number of benzene rings is 1. The molecule has 0 bridgehead atoms. The Hall–Kier alpha value is -1.05. The number of hydrogen-bond donors (Lipinski definition) is 0. The lowest BCUT2D eigenvalue weighted by Gasteiger charge is -2.22. The molecule has 2 rings (SSSR count). The summed E-state index contributed by atoms with van der Waals surface area (Å²) >= 11 is 0. The molecule has 1 aromatic rings. The third-order valence-corrected chi connectivity index (χ3v) is 3.35. The van der Waals surface area contributed by atoms with E-state index in [0.29, 0.717) is 11.7 Å². The molecule has 0 unspecified atom stereocenters. The molecule has 1 nitrogen and oxygen atoms in total. The van der Waals surface area contributed by atoms with Gasteiger partial charge >= 0.3 is 0 Å². The molecule has 1 fully saturated rings. The van der Waals surface area contributed by atoms with Crippen LogP contribution < -0.4 is 4.74 Å². The second-order valence-corrected chi connectivity index (χ2v) is 4.72. The maximum absolute atomic E-state index is 13.0. The van der Waals surface area contributed by atoms with Crippen molar-refractivity contribution < 1.29 is 9.13 Å². The maximum Gasteiger partial charge on any atom is 0.126 e. The van der Waals surface area contributed by atoms with Gasteiger partial charge in [0.2, 0.25) is 0 Å². The van der Waals surface area contributed by atoms with Gasteiger partial charge in [-0.15, -0.1) is 0 Å². The standard InChI is InChI=1S/C14H19FO/c1-11-7-8-13(15)9-14(11)16-10-12-5-3-2-4-6-12/h7-9,12H,2-6,10H2,1H3. The van der Waals surface area contributed by atoms with Crippen LogP contribution in [-0.4, -0.2) is 6.61 Å². The Morgan fingerprint density at radius 3 is 2.75 bits per heavy atom. The van der Waals surface area contributed by atoms with E-state index in [4.69, 9.17) is 4.74 Å². The predicted molar refractivity (Wildman–Crippen MR) is 63.2 cm³/mol. The summed E-state index contributed by atoms with van der Waals surface area (Å²) in [5.74, 6) is 1.14. The summed E-state index contributed by atoms with van der Waals surface area (Å²) in [7, 11) is 0. The second kappa shape index (κ2) is 5.33. The van der Waals surface area contributed by atoms with Gasteiger partial charge in [0.25, 0.3) is 0 Å². The van der Waals surface area contributed by atoms with Crippen LogP contribution >= 0.6 is 0 Å². The van der Waals surface area contributed by atoms with Gasteiger partial charge in [0.1, 0.15) is 11.6 Å². The summed E-state index contributed by atoms with van der Waals surface area (Å²) in [4.78, 5) is 0. The van der Waals surface area contributed by atoms with Gasteiger partial charge in [-0.25, -0.2) is 4.39 Å². The molecule has 0 saturated heterocycles. The van der Waals surface area contributed by atoms with Crippen LogP contribution in [0.3, 0.4) is 0 Å². The molecule has 0 radical (unpaired) electrons. The monoisotopic (exact) mass is 222 g/mol. The highest BCUT2D eigenvalue weighted by atomic mass is 19.1. The number of ether oxygens (including phenoxy) is 1. The quantitative estimate of drug-likeness (QED) is 0.748. The van der Waals surface area contributed by atoms with E-state index in [2.05, 4.69) is 0 Å². The van der Waals surface area contributed by atoms with Gasteiger partial charge < -0.3 is 4.74 Å². The number of hydrogen-bond acceptors (Lipinski definition) is 1. The normalized spacial score (nSPS) is 17.4. The van der Waals surface area contributed by atoms with Gasteiger partial charge in [-0.2, -0.15) is 0 Å².